The monoisotopic (exact) mass is 138 g/mol. The Bertz CT molecular complexity index is 151. The van der Waals surface area contributed by atoms with E-state index in [4.69, 9.17) is 0 Å². The first-order valence-electron chi connectivity index (χ1n) is 4.40. The van der Waals surface area contributed by atoms with Crippen molar-refractivity contribution in [3.05, 3.63) is 0 Å². The lowest BCUT2D eigenvalue weighted by molar-refractivity contribution is -0.121. The molecule has 0 radical (unpaired) electrons. The van der Waals surface area contributed by atoms with Gasteiger partial charge < -0.3 is 0 Å². The summed E-state index contributed by atoms with van der Waals surface area (Å²) in [6.07, 6.45) is 7.28. The molecule has 0 spiro atoms. The molecule has 2 rings (SSSR count). The third-order valence-electron chi connectivity index (χ3n) is 3.08. The largest absolute Gasteiger partial charge is 0.299 e. The Labute approximate surface area is 61.8 Å². The molecule has 2 atom stereocenters. The fourth-order valence-electron chi connectivity index (χ4n) is 2.49. The van der Waals surface area contributed by atoms with Crippen molar-refractivity contribution >= 4 is 5.78 Å². The zero-order valence-electron chi connectivity index (χ0n) is 6.31. The summed E-state index contributed by atoms with van der Waals surface area (Å²) in [6, 6.07) is 0. The van der Waals surface area contributed by atoms with E-state index in [9.17, 15) is 4.79 Å². The molecule has 1 nitrogen and oxygen atoms in total. The fourth-order valence-corrected chi connectivity index (χ4v) is 2.49. The molecule has 10 heavy (non-hydrogen) atoms. The van der Waals surface area contributed by atoms with Gasteiger partial charge in [-0.2, -0.15) is 0 Å². The molecule has 2 fully saturated rings. The van der Waals surface area contributed by atoms with E-state index in [1.54, 1.807) is 0 Å². The Morgan fingerprint density at radius 3 is 2.70 bits per heavy atom. The lowest BCUT2D eigenvalue weighted by Gasteiger charge is -2.22. The molecule has 0 aromatic heterocycles. The van der Waals surface area contributed by atoms with Crippen LogP contribution in [0.2, 0.25) is 0 Å². The Hall–Kier alpha value is -0.330. The molecule has 0 aromatic carbocycles. The van der Waals surface area contributed by atoms with Crippen LogP contribution in [0.4, 0.5) is 0 Å². The van der Waals surface area contributed by atoms with Gasteiger partial charge in [-0.05, 0) is 25.2 Å². The van der Waals surface area contributed by atoms with Gasteiger partial charge in [-0.15, -0.1) is 0 Å². The first kappa shape index (κ1) is 6.38. The summed E-state index contributed by atoms with van der Waals surface area (Å²) >= 11 is 0. The van der Waals surface area contributed by atoms with Gasteiger partial charge in [0, 0.05) is 12.3 Å². The Balaban J connectivity index is 2.08. The van der Waals surface area contributed by atoms with Crippen molar-refractivity contribution in [3.8, 4) is 0 Å². The molecule has 0 saturated heterocycles. The topological polar surface area (TPSA) is 17.1 Å². The quantitative estimate of drug-likeness (QED) is 0.501. The van der Waals surface area contributed by atoms with Crippen LogP contribution in [0.15, 0.2) is 0 Å². The maximum Gasteiger partial charge on any atom is 0.136 e. The van der Waals surface area contributed by atoms with Gasteiger partial charge in [0.2, 0.25) is 0 Å². The smallest absolute Gasteiger partial charge is 0.136 e. The fraction of sp³-hybridized carbons (Fsp3) is 0.889. The third-order valence-corrected chi connectivity index (χ3v) is 3.08. The van der Waals surface area contributed by atoms with E-state index in [1.165, 1.54) is 32.1 Å². The normalized spacial score (nSPS) is 39.8. The van der Waals surface area contributed by atoms with E-state index < -0.39 is 0 Å². The van der Waals surface area contributed by atoms with Crippen LogP contribution in [0, 0.1) is 11.8 Å². The SMILES string of the molecule is O=C1CC[C@@H]2CCCC[C@H]12. The zero-order valence-corrected chi connectivity index (χ0v) is 6.31. The van der Waals surface area contributed by atoms with Crippen LogP contribution in [0.5, 0.6) is 0 Å². The van der Waals surface area contributed by atoms with Gasteiger partial charge in [-0.25, -0.2) is 0 Å². The Kier molecular flexibility index (Phi) is 1.51. The minimum Gasteiger partial charge on any atom is -0.299 e. The maximum absolute atomic E-state index is 11.2. The predicted molar refractivity (Wildman–Crippen MR) is 39.7 cm³/mol. The number of fused-ring (bicyclic) bond motifs is 1. The summed E-state index contributed by atoms with van der Waals surface area (Å²) in [5, 5.41) is 0. The van der Waals surface area contributed by atoms with E-state index >= 15 is 0 Å². The lowest BCUT2D eigenvalue weighted by atomic mass is 9.81. The average Bonchev–Trinajstić information content (AvgIpc) is 2.34. The van der Waals surface area contributed by atoms with Crippen LogP contribution in [0.3, 0.4) is 0 Å². The van der Waals surface area contributed by atoms with Gasteiger partial charge in [0.1, 0.15) is 5.78 Å². The van der Waals surface area contributed by atoms with Gasteiger partial charge >= 0.3 is 0 Å². The van der Waals surface area contributed by atoms with Crippen molar-refractivity contribution in [1.29, 1.82) is 0 Å². The zero-order chi connectivity index (χ0) is 6.97. The lowest BCUT2D eigenvalue weighted by Crippen LogP contribution is -2.18. The van der Waals surface area contributed by atoms with Crippen molar-refractivity contribution in [2.24, 2.45) is 11.8 Å². The summed E-state index contributed by atoms with van der Waals surface area (Å²) in [6.45, 7) is 0. The number of carbonyl (C=O) groups is 1. The second kappa shape index (κ2) is 2.37. The summed E-state index contributed by atoms with van der Waals surface area (Å²) in [4.78, 5) is 11.2. The minimum absolute atomic E-state index is 0.494. The van der Waals surface area contributed by atoms with E-state index in [-0.39, 0.29) is 0 Å². The van der Waals surface area contributed by atoms with Crippen LogP contribution < -0.4 is 0 Å². The maximum atomic E-state index is 11.2. The summed E-state index contributed by atoms with van der Waals surface area (Å²) in [7, 11) is 0. The molecule has 0 amide bonds. The number of rotatable bonds is 0. The molecule has 2 aliphatic rings. The standard InChI is InChI=1S/C9H14O/c10-9-6-5-7-3-1-2-4-8(7)9/h7-8H,1-6H2/t7-,8-/m0/s1. The third kappa shape index (κ3) is 0.882. The number of hydrogen-bond acceptors (Lipinski definition) is 1. The predicted octanol–water partition coefficient (Wildman–Crippen LogP) is 2.16. The molecule has 0 aromatic rings. The molecule has 1 heteroatoms. The highest BCUT2D eigenvalue weighted by atomic mass is 16.1. The molecular formula is C9H14O. The first-order chi connectivity index (χ1) is 4.88. The Morgan fingerprint density at radius 1 is 1.10 bits per heavy atom. The first-order valence-corrected chi connectivity index (χ1v) is 4.40. The van der Waals surface area contributed by atoms with E-state index in [2.05, 4.69) is 0 Å². The molecule has 0 heterocycles. The van der Waals surface area contributed by atoms with Crippen molar-refractivity contribution in [2.75, 3.05) is 0 Å². The summed E-state index contributed by atoms with van der Waals surface area (Å²) in [5.74, 6) is 1.85. The summed E-state index contributed by atoms with van der Waals surface area (Å²) in [5.41, 5.74) is 0. The second-order valence-corrected chi connectivity index (χ2v) is 3.66. The molecule has 0 N–H and O–H groups in total. The number of ketones is 1. The highest BCUT2D eigenvalue weighted by Gasteiger charge is 2.35. The molecule has 0 bridgehead atoms. The Morgan fingerprint density at radius 2 is 1.90 bits per heavy atom. The van der Waals surface area contributed by atoms with Gasteiger partial charge in [0.05, 0.1) is 0 Å². The van der Waals surface area contributed by atoms with Gasteiger partial charge in [0.15, 0.2) is 0 Å². The van der Waals surface area contributed by atoms with Crippen LogP contribution >= 0.6 is 0 Å². The number of Topliss-reactive ketones (excluding diaryl/α,β-unsaturated/α-hetero) is 1. The van der Waals surface area contributed by atoms with Crippen LogP contribution in [0.1, 0.15) is 38.5 Å². The van der Waals surface area contributed by atoms with Crippen molar-refractivity contribution in [1.82, 2.24) is 0 Å². The average molecular weight is 138 g/mol. The van der Waals surface area contributed by atoms with Crippen molar-refractivity contribution in [2.45, 2.75) is 38.5 Å². The minimum atomic E-state index is 0.494. The molecule has 0 aliphatic heterocycles. The number of hydrogen-bond donors (Lipinski definition) is 0. The highest BCUT2D eigenvalue weighted by Crippen LogP contribution is 2.39. The molecular weight excluding hydrogens is 124 g/mol. The van der Waals surface area contributed by atoms with Crippen LogP contribution in [-0.2, 0) is 4.79 Å². The molecule has 2 saturated carbocycles. The molecule has 2 aliphatic carbocycles. The highest BCUT2D eigenvalue weighted by molar-refractivity contribution is 5.83. The van der Waals surface area contributed by atoms with Crippen molar-refractivity contribution < 1.29 is 4.79 Å². The van der Waals surface area contributed by atoms with Gasteiger partial charge in [0.25, 0.3) is 0 Å². The van der Waals surface area contributed by atoms with Crippen LogP contribution in [-0.4, -0.2) is 5.78 Å². The van der Waals surface area contributed by atoms with E-state index in [0.29, 0.717) is 11.7 Å². The van der Waals surface area contributed by atoms with Gasteiger partial charge in [-0.3, -0.25) is 4.79 Å². The summed E-state index contributed by atoms with van der Waals surface area (Å²) < 4.78 is 0. The number of carbonyl (C=O) groups excluding carboxylic acids is 1. The van der Waals surface area contributed by atoms with E-state index in [0.717, 1.165) is 12.3 Å². The van der Waals surface area contributed by atoms with E-state index in [1.807, 2.05) is 0 Å². The van der Waals surface area contributed by atoms with Crippen molar-refractivity contribution in [3.63, 3.8) is 0 Å². The molecule has 56 valence electrons. The second-order valence-electron chi connectivity index (χ2n) is 3.66. The van der Waals surface area contributed by atoms with Crippen LogP contribution in [0.25, 0.3) is 0 Å². The van der Waals surface area contributed by atoms with Gasteiger partial charge in [-0.1, -0.05) is 12.8 Å². The molecule has 0 unspecified atom stereocenters.